The van der Waals surface area contributed by atoms with Crippen molar-refractivity contribution in [3.63, 3.8) is 0 Å². The van der Waals surface area contributed by atoms with E-state index in [-0.39, 0.29) is 11.9 Å². The van der Waals surface area contributed by atoms with Crippen molar-refractivity contribution < 1.29 is 4.39 Å². The molecular weight excluding hydrogens is 255 g/mol. The standard InChI is InChI=1S/C12H14ClFN4/c1-3-18-12(10(13)7-17-18)11(15-2)8-4-9(14)6-16-5-8/h4-7,11,15H,3H2,1-2H3. The fourth-order valence-corrected chi connectivity index (χ4v) is 2.21. The third kappa shape index (κ3) is 2.37. The first-order valence-corrected chi connectivity index (χ1v) is 6.04. The summed E-state index contributed by atoms with van der Waals surface area (Å²) in [5, 5.41) is 7.85. The van der Waals surface area contributed by atoms with Crippen LogP contribution >= 0.6 is 11.6 Å². The van der Waals surface area contributed by atoms with Crippen LogP contribution in [0, 0.1) is 5.82 Å². The van der Waals surface area contributed by atoms with Gasteiger partial charge in [0.1, 0.15) is 5.82 Å². The molecule has 0 amide bonds. The second-order valence-corrected chi connectivity index (χ2v) is 4.26. The predicted molar refractivity (Wildman–Crippen MR) is 68.0 cm³/mol. The summed E-state index contributed by atoms with van der Waals surface area (Å²) in [5.74, 6) is -0.369. The molecule has 96 valence electrons. The van der Waals surface area contributed by atoms with Crippen LogP contribution in [0.4, 0.5) is 4.39 Å². The molecular formula is C12H14ClFN4. The lowest BCUT2D eigenvalue weighted by atomic mass is 10.1. The highest BCUT2D eigenvalue weighted by molar-refractivity contribution is 6.31. The zero-order valence-electron chi connectivity index (χ0n) is 10.2. The van der Waals surface area contributed by atoms with Gasteiger partial charge >= 0.3 is 0 Å². The van der Waals surface area contributed by atoms with Crippen molar-refractivity contribution in [2.75, 3.05) is 7.05 Å². The van der Waals surface area contributed by atoms with Gasteiger partial charge in [-0.3, -0.25) is 9.67 Å². The quantitative estimate of drug-likeness (QED) is 0.926. The van der Waals surface area contributed by atoms with Crippen molar-refractivity contribution in [1.29, 1.82) is 0 Å². The van der Waals surface area contributed by atoms with Crippen LogP contribution in [0.25, 0.3) is 0 Å². The van der Waals surface area contributed by atoms with E-state index < -0.39 is 0 Å². The third-order valence-electron chi connectivity index (χ3n) is 2.75. The number of rotatable bonds is 4. The molecule has 0 fully saturated rings. The van der Waals surface area contributed by atoms with Gasteiger partial charge in [0, 0.05) is 12.7 Å². The van der Waals surface area contributed by atoms with Crippen LogP contribution in [0.1, 0.15) is 24.2 Å². The monoisotopic (exact) mass is 268 g/mol. The molecule has 0 aliphatic carbocycles. The minimum atomic E-state index is -0.369. The Morgan fingerprint density at radius 1 is 1.44 bits per heavy atom. The van der Waals surface area contributed by atoms with Crippen LogP contribution < -0.4 is 5.32 Å². The largest absolute Gasteiger partial charge is 0.308 e. The van der Waals surface area contributed by atoms with E-state index in [2.05, 4.69) is 15.4 Å². The first-order chi connectivity index (χ1) is 8.67. The maximum absolute atomic E-state index is 13.2. The molecule has 2 aromatic heterocycles. The van der Waals surface area contributed by atoms with Crippen LogP contribution in [0.3, 0.4) is 0 Å². The average Bonchev–Trinajstić information content (AvgIpc) is 2.72. The average molecular weight is 269 g/mol. The second-order valence-electron chi connectivity index (χ2n) is 3.85. The lowest BCUT2D eigenvalue weighted by Crippen LogP contribution is -2.22. The summed E-state index contributed by atoms with van der Waals surface area (Å²) in [6, 6.07) is 1.21. The molecule has 2 aromatic rings. The summed E-state index contributed by atoms with van der Waals surface area (Å²) in [6.07, 6.45) is 4.39. The number of hydrogen-bond acceptors (Lipinski definition) is 3. The van der Waals surface area contributed by atoms with Gasteiger partial charge in [0.05, 0.1) is 29.2 Å². The lowest BCUT2D eigenvalue weighted by Gasteiger charge is -2.18. The maximum Gasteiger partial charge on any atom is 0.141 e. The third-order valence-corrected chi connectivity index (χ3v) is 3.05. The summed E-state index contributed by atoms with van der Waals surface area (Å²) < 4.78 is 15.0. The minimum absolute atomic E-state index is 0.233. The number of aryl methyl sites for hydroxylation is 1. The van der Waals surface area contributed by atoms with Gasteiger partial charge in [-0.25, -0.2) is 4.39 Å². The van der Waals surface area contributed by atoms with Crippen molar-refractivity contribution in [2.45, 2.75) is 19.5 Å². The highest BCUT2D eigenvalue weighted by Crippen LogP contribution is 2.27. The van der Waals surface area contributed by atoms with E-state index in [0.717, 1.165) is 11.3 Å². The fourth-order valence-electron chi connectivity index (χ4n) is 1.96. The highest BCUT2D eigenvalue weighted by atomic mass is 35.5. The number of pyridine rings is 1. The number of aromatic nitrogens is 3. The first-order valence-electron chi connectivity index (χ1n) is 5.66. The van der Waals surface area contributed by atoms with Gasteiger partial charge in [0.2, 0.25) is 0 Å². The summed E-state index contributed by atoms with van der Waals surface area (Å²) in [6.45, 7) is 2.67. The van der Waals surface area contributed by atoms with Crippen molar-refractivity contribution in [2.24, 2.45) is 0 Å². The van der Waals surface area contributed by atoms with Crippen LogP contribution in [0.2, 0.25) is 5.02 Å². The van der Waals surface area contributed by atoms with Crippen LogP contribution in [0.5, 0.6) is 0 Å². The van der Waals surface area contributed by atoms with Crippen LogP contribution in [0.15, 0.2) is 24.7 Å². The zero-order chi connectivity index (χ0) is 13.1. The molecule has 1 N–H and O–H groups in total. The zero-order valence-corrected chi connectivity index (χ0v) is 10.9. The van der Waals surface area contributed by atoms with Gasteiger partial charge in [-0.1, -0.05) is 11.6 Å². The smallest absolute Gasteiger partial charge is 0.141 e. The number of halogens is 2. The van der Waals surface area contributed by atoms with E-state index in [9.17, 15) is 4.39 Å². The van der Waals surface area contributed by atoms with Crippen molar-refractivity contribution >= 4 is 11.6 Å². The molecule has 0 aliphatic rings. The Bertz CT molecular complexity index is 541. The van der Waals surface area contributed by atoms with Gasteiger partial charge in [-0.15, -0.1) is 0 Å². The van der Waals surface area contributed by atoms with E-state index in [1.54, 1.807) is 24.1 Å². The molecule has 0 saturated carbocycles. The molecule has 0 spiro atoms. The molecule has 18 heavy (non-hydrogen) atoms. The lowest BCUT2D eigenvalue weighted by molar-refractivity contribution is 0.556. The van der Waals surface area contributed by atoms with Gasteiger partial charge in [0.25, 0.3) is 0 Å². The van der Waals surface area contributed by atoms with E-state index in [4.69, 9.17) is 11.6 Å². The Balaban J connectivity index is 2.48. The predicted octanol–water partition coefficient (Wildman–Crippen LogP) is 2.40. The Morgan fingerprint density at radius 2 is 2.22 bits per heavy atom. The maximum atomic E-state index is 13.2. The van der Waals surface area contributed by atoms with E-state index in [0.29, 0.717) is 11.6 Å². The number of nitrogens with zero attached hydrogens (tertiary/aromatic N) is 3. The molecule has 0 bridgehead atoms. The van der Waals surface area contributed by atoms with E-state index in [1.807, 2.05) is 6.92 Å². The second kappa shape index (κ2) is 5.46. The molecule has 0 aromatic carbocycles. The van der Waals surface area contributed by atoms with E-state index in [1.165, 1.54) is 12.3 Å². The number of hydrogen-bond donors (Lipinski definition) is 1. The van der Waals surface area contributed by atoms with Gasteiger partial charge < -0.3 is 5.32 Å². The van der Waals surface area contributed by atoms with Crippen LogP contribution in [-0.4, -0.2) is 21.8 Å². The Morgan fingerprint density at radius 3 is 2.83 bits per heavy atom. The topological polar surface area (TPSA) is 42.7 Å². The molecule has 0 saturated heterocycles. The Hall–Kier alpha value is -1.46. The fraction of sp³-hybridized carbons (Fsp3) is 0.333. The van der Waals surface area contributed by atoms with Gasteiger partial charge in [-0.05, 0) is 25.6 Å². The molecule has 2 rings (SSSR count). The SMILES string of the molecule is CCn1ncc(Cl)c1C(NC)c1cncc(F)c1. The number of nitrogens with one attached hydrogen (secondary N) is 1. The molecule has 0 aliphatic heterocycles. The Labute approximate surface area is 110 Å². The van der Waals surface area contributed by atoms with E-state index >= 15 is 0 Å². The van der Waals surface area contributed by atoms with Crippen molar-refractivity contribution in [3.8, 4) is 0 Å². The molecule has 2 heterocycles. The summed E-state index contributed by atoms with van der Waals surface area (Å²) in [7, 11) is 1.79. The van der Waals surface area contributed by atoms with Gasteiger partial charge in [0.15, 0.2) is 0 Å². The summed E-state index contributed by atoms with van der Waals surface area (Å²) in [4.78, 5) is 3.86. The first kappa shape index (κ1) is 13.0. The van der Waals surface area contributed by atoms with Crippen molar-refractivity contribution in [1.82, 2.24) is 20.1 Å². The molecule has 0 radical (unpaired) electrons. The Kier molecular flexibility index (Phi) is 3.93. The van der Waals surface area contributed by atoms with Crippen LogP contribution in [-0.2, 0) is 6.54 Å². The normalized spacial score (nSPS) is 12.7. The summed E-state index contributed by atoms with van der Waals surface area (Å²) in [5.41, 5.74) is 1.53. The van der Waals surface area contributed by atoms with Crippen molar-refractivity contribution in [3.05, 3.63) is 46.8 Å². The molecule has 1 atom stereocenters. The molecule has 6 heteroatoms. The minimum Gasteiger partial charge on any atom is -0.308 e. The highest BCUT2D eigenvalue weighted by Gasteiger charge is 2.20. The summed E-state index contributed by atoms with van der Waals surface area (Å²) >= 11 is 6.15. The molecule has 1 unspecified atom stereocenters. The molecule has 4 nitrogen and oxygen atoms in total. The van der Waals surface area contributed by atoms with Gasteiger partial charge in [-0.2, -0.15) is 5.10 Å².